The van der Waals surface area contributed by atoms with Gasteiger partial charge in [0, 0.05) is 7.05 Å². The van der Waals surface area contributed by atoms with Crippen molar-refractivity contribution in [2.24, 2.45) is 13.0 Å². The van der Waals surface area contributed by atoms with E-state index < -0.39 is 0 Å². The number of amides is 1. The first kappa shape index (κ1) is 13.4. The molecule has 0 saturated carbocycles. The molecular formula is C14H16N4O3. The summed E-state index contributed by atoms with van der Waals surface area (Å²) in [4.78, 5) is 12.3. The van der Waals surface area contributed by atoms with Gasteiger partial charge in [0.2, 0.25) is 5.91 Å². The van der Waals surface area contributed by atoms with Crippen LogP contribution in [0.5, 0.6) is 11.5 Å². The third-order valence-corrected chi connectivity index (χ3v) is 3.51. The predicted molar refractivity (Wildman–Crippen MR) is 75.3 cm³/mol. The molecule has 0 bridgehead atoms. The minimum absolute atomic E-state index is 0.103. The van der Waals surface area contributed by atoms with E-state index in [4.69, 9.17) is 9.47 Å². The van der Waals surface area contributed by atoms with Gasteiger partial charge in [0.05, 0.1) is 19.2 Å². The number of nitrogens with zero attached hydrogens (tertiary/aromatic N) is 3. The molecule has 2 aromatic rings. The van der Waals surface area contributed by atoms with E-state index in [1.165, 1.54) is 10.9 Å². The van der Waals surface area contributed by atoms with Gasteiger partial charge in [0.1, 0.15) is 18.1 Å². The van der Waals surface area contributed by atoms with Gasteiger partial charge in [-0.1, -0.05) is 5.21 Å². The Kier molecular flexibility index (Phi) is 3.47. The Bertz CT molecular complexity index is 668. The number of methoxy groups -OCH3 is 1. The number of ether oxygens (including phenoxy) is 2. The summed E-state index contributed by atoms with van der Waals surface area (Å²) < 4.78 is 12.4. The van der Waals surface area contributed by atoms with Crippen LogP contribution in [0.4, 0.5) is 5.82 Å². The number of nitrogens with one attached hydrogen (secondary N) is 1. The maximum Gasteiger partial charge on any atom is 0.232 e. The fourth-order valence-electron chi connectivity index (χ4n) is 2.30. The number of fused-ring (bicyclic) bond motifs is 1. The summed E-state index contributed by atoms with van der Waals surface area (Å²) in [7, 11) is 3.34. The van der Waals surface area contributed by atoms with Crippen molar-refractivity contribution in [3.8, 4) is 11.5 Å². The fourth-order valence-corrected chi connectivity index (χ4v) is 2.30. The molecule has 0 radical (unpaired) electrons. The lowest BCUT2D eigenvalue weighted by molar-refractivity contribution is -0.121. The van der Waals surface area contributed by atoms with Crippen molar-refractivity contribution in [1.29, 1.82) is 0 Å². The highest BCUT2D eigenvalue weighted by Crippen LogP contribution is 2.31. The smallest absolute Gasteiger partial charge is 0.232 e. The van der Waals surface area contributed by atoms with Gasteiger partial charge in [-0.05, 0) is 30.2 Å². The van der Waals surface area contributed by atoms with Crippen LogP contribution in [-0.4, -0.2) is 34.6 Å². The van der Waals surface area contributed by atoms with E-state index in [1.54, 1.807) is 14.2 Å². The van der Waals surface area contributed by atoms with E-state index in [9.17, 15) is 4.79 Å². The average Bonchev–Trinajstić information content (AvgIpc) is 2.91. The van der Waals surface area contributed by atoms with Gasteiger partial charge in [-0.2, -0.15) is 0 Å². The van der Waals surface area contributed by atoms with Crippen LogP contribution in [-0.2, 0) is 18.3 Å². The van der Waals surface area contributed by atoms with Gasteiger partial charge < -0.3 is 14.8 Å². The molecule has 3 rings (SSSR count). The summed E-state index contributed by atoms with van der Waals surface area (Å²) in [6.07, 6.45) is 2.13. The second kappa shape index (κ2) is 5.43. The van der Waals surface area contributed by atoms with Gasteiger partial charge >= 0.3 is 0 Å². The number of aromatic nitrogens is 3. The van der Waals surface area contributed by atoms with Crippen LogP contribution in [0.1, 0.15) is 5.56 Å². The molecule has 1 N–H and O–H groups in total. The first-order valence-electron chi connectivity index (χ1n) is 6.62. The lowest BCUT2D eigenvalue weighted by Crippen LogP contribution is -2.33. The van der Waals surface area contributed by atoms with Crippen LogP contribution >= 0.6 is 0 Å². The number of carbonyl (C=O) groups is 1. The highest BCUT2D eigenvalue weighted by atomic mass is 16.5. The molecule has 7 nitrogen and oxygen atoms in total. The molecule has 1 amide bonds. The second-order valence-corrected chi connectivity index (χ2v) is 4.92. The largest absolute Gasteiger partial charge is 0.497 e. The zero-order valence-corrected chi connectivity index (χ0v) is 11.9. The molecule has 0 saturated heterocycles. The van der Waals surface area contributed by atoms with Crippen LogP contribution in [0.3, 0.4) is 0 Å². The first-order chi connectivity index (χ1) is 10.2. The zero-order valence-electron chi connectivity index (χ0n) is 11.9. The molecule has 1 aliphatic rings. The molecule has 1 aliphatic heterocycles. The molecule has 0 fully saturated rings. The molecule has 1 atom stereocenters. The Morgan fingerprint density at radius 3 is 3.10 bits per heavy atom. The van der Waals surface area contributed by atoms with Crippen molar-refractivity contribution < 1.29 is 14.3 Å². The zero-order chi connectivity index (χ0) is 14.8. The SMILES string of the molecule is COc1ccc2c(c1)CC(C(=O)Nc1cnnn1C)CO2. The van der Waals surface area contributed by atoms with Crippen molar-refractivity contribution in [3.63, 3.8) is 0 Å². The average molecular weight is 288 g/mol. The van der Waals surface area contributed by atoms with Gasteiger partial charge in [-0.25, -0.2) is 4.68 Å². The van der Waals surface area contributed by atoms with Crippen LogP contribution in [0, 0.1) is 5.92 Å². The molecule has 2 heterocycles. The summed E-state index contributed by atoms with van der Waals surface area (Å²) in [5, 5.41) is 10.3. The number of carbonyl (C=O) groups excluding carboxylic acids is 1. The summed E-state index contributed by atoms with van der Waals surface area (Å²) in [5.74, 6) is 1.78. The van der Waals surface area contributed by atoms with Crippen molar-refractivity contribution >= 4 is 11.7 Å². The Morgan fingerprint density at radius 2 is 2.38 bits per heavy atom. The first-order valence-corrected chi connectivity index (χ1v) is 6.62. The maximum atomic E-state index is 12.3. The molecule has 1 aromatic heterocycles. The van der Waals surface area contributed by atoms with E-state index in [2.05, 4.69) is 15.6 Å². The van der Waals surface area contributed by atoms with Crippen LogP contribution in [0.2, 0.25) is 0 Å². The molecule has 21 heavy (non-hydrogen) atoms. The Hall–Kier alpha value is -2.57. The van der Waals surface area contributed by atoms with Crippen LogP contribution in [0.15, 0.2) is 24.4 Å². The van der Waals surface area contributed by atoms with Crippen LogP contribution < -0.4 is 14.8 Å². The van der Waals surface area contributed by atoms with Crippen molar-refractivity contribution in [1.82, 2.24) is 15.0 Å². The molecule has 1 aromatic carbocycles. The highest BCUT2D eigenvalue weighted by Gasteiger charge is 2.27. The third kappa shape index (κ3) is 2.67. The number of hydrogen-bond donors (Lipinski definition) is 1. The summed E-state index contributed by atoms with van der Waals surface area (Å²) in [6.45, 7) is 0.358. The Morgan fingerprint density at radius 1 is 1.52 bits per heavy atom. The summed E-state index contributed by atoms with van der Waals surface area (Å²) in [5.41, 5.74) is 0.976. The summed E-state index contributed by atoms with van der Waals surface area (Å²) in [6, 6.07) is 5.62. The molecule has 110 valence electrons. The van der Waals surface area contributed by atoms with E-state index in [0.29, 0.717) is 18.8 Å². The predicted octanol–water partition coefficient (Wildman–Crippen LogP) is 1.01. The minimum Gasteiger partial charge on any atom is -0.497 e. The number of anilines is 1. The van der Waals surface area contributed by atoms with Gasteiger partial charge in [-0.15, -0.1) is 5.10 Å². The van der Waals surface area contributed by atoms with Crippen molar-refractivity contribution in [3.05, 3.63) is 30.0 Å². The number of benzene rings is 1. The Labute approximate surface area is 121 Å². The van der Waals surface area contributed by atoms with Gasteiger partial charge in [-0.3, -0.25) is 4.79 Å². The highest BCUT2D eigenvalue weighted by molar-refractivity contribution is 5.92. The van der Waals surface area contributed by atoms with Crippen molar-refractivity contribution in [2.75, 3.05) is 19.0 Å². The lowest BCUT2D eigenvalue weighted by Gasteiger charge is -2.24. The standard InChI is InChI=1S/C14H16N4O3/c1-18-13(7-15-17-18)16-14(19)10-5-9-6-11(20-2)3-4-12(9)21-8-10/h3-4,6-7,10H,5,8H2,1-2H3,(H,16,19). The number of aryl methyl sites for hydroxylation is 1. The maximum absolute atomic E-state index is 12.3. The normalized spacial score (nSPS) is 16.8. The topological polar surface area (TPSA) is 78.3 Å². The lowest BCUT2D eigenvalue weighted by atomic mass is 9.96. The van der Waals surface area contributed by atoms with E-state index in [-0.39, 0.29) is 11.8 Å². The van der Waals surface area contributed by atoms with Gasteiger partial charge in [0.15, 0.2) is 5.82 Å². The molecule has 0 aliphatic carbocycles. The van der Waals surface area contributed by atoms with Gasteiger partial charge in [0.25, 0.3) is 0 Å². The molecule has 7 heteroatoms. The second-order valence-electron chi connectivity index (χ2n) is 4.92. The molecular weight excluding hydrogens is 272 g/mol. The van der Waals surface area contributed by atoms with E-state index in [0.717, 1.165) is 17.1 Å². The Balaban J connectivity index is 1.73. The van der Waals surface area contributed by atoms with Crippen molar-refractivity contribution in [2.45, 2.75) is 6.42 Å². The monoisotopic (exact) mass is 288 g/mol. The third-order valence-electron chi connectivity index (χ3n) is 3.51. The minimum atomic E-state index is -0.250. The molecule has 0 spiro atoms. The summed E-state index contributed by atoms with van der Waals surface area (Å²) >= 11 is 0. The quantitative estimate of drug-likeness (QED) is 0.912. The van der Waals surface area contributed by atoms with E-state index in [1.807, 2.05) is 18.2 Å². The number of hydrogen-bond acceptors (Lipinski definition) is 5. The number of rotatable bonds is 3. The van der Waals surface area contributed by atoms with E-state index >= 15 is 0 Å². The fraction of sp³-hybridized carbons (Fsp3) is 0.357. The van der Waals surface area contributed by atoms with Crippen LogP contribution in [0.25, 0.3) is 0 Å². The molecule has 1 unspecified atom stereocenters.